The first-order valence-corrected chi connectivity index (χ1v) is 6.34. The van der Waals surface area contributed by atoms with Crippen molar-refractivity contribution < 1.29 is 9.59 Å². The predicted molar refractivity (Wildman–Crippen MR) is 74.1 cm³/mol. The summed E-state index contributed by atoms with van der Waals surface area (Å²) in [5.74, 6) is -0.933. The summed E-state index contributed by atoms with van der Waals surface area (Å²) in [7, 11) is 0. The van der Waals surface area contributed by atoms with E-state index < -0.39 is 11.9 Å². The van der Waals surface area contributed by atoms with Crippen molar-refractivity contribution in [2.75, 3.05) is 0 Å². The van der Waals surface area contributed by atoms with Crippen molar-refractivity contribution in [3.05, 3.63) is 35.4 Å². The van der Waals surface area contributed by atoms with Crippen LogP contribution in [-0.2, 0) is 9.59 Å². The Balaban J connectivity index is 2.69. The zero-order valence-corrected chi connectivity index (χ0v) is 11.3. The number of nitrogens with one attached hydrogen (secondary N) is 1. The first-order valence-electron chi connectivity index (χ1n) is 6.34. The quantitative estimate of drug-likeness (QED) is 0.706. The molecule has 19 heavy (non-hydrogen) atoms. The molecule has 5 N–H and O–H groups in total. The number of amides is 2. The molecule has 104 valence electrons. The molecule has 0 aromatic heterocycles. The highest BCUT2D eigenvalue weighted by atomic mass is 16.2. The number of hydrogen-bond acceptors (Lipinski definition) is 3. The molecule has 2 atom stereocenters. The van der Waals surface area contributed by atoms with Gasteiger partial charge in [0.25, 0.3) is 0 Å². The van der Waals surface area contributed by atoms with E-state index in [1.165, 1.54) is 0 Å². The molecule has 0 radical (unpaired) electrons. The molecule has 0 heterocycles. The molecule has 1 aromatic rings. The Labute approximate surface area is 113 Å². The maximum atomic E-state index is 11.8. The van der Waals surface area contributed by atoms with Gasteiger partial charge in [0.15, 0.2) is 0 Å². The molecule has 0 aliphatic carbocycles. The van der Waals surface area contributed by atoms with E-state index in [0.717, 1.165) is 17.5 Å². The molecular formula is C14H21N3O2. The number of benzene rings is 1. The Kier molecular flexibility index (Phi) is 5.51. The summed E-state index contributed by atoms with van der Waals surface area (Å²) in [6, 6.07) is 6.94. The number of nitrogens with two attached hydrogens (primary N) is 2. The number of primary amides is 1. The van der Waals surface area contributed by atoms with Gasteiger partial charge in [-0.1, -0.05) is 36.8 Å². The maximum Gasteiger partial charge on any atom is 0.237 e. The number of carbonyl (C=O) groups excluding carboxylic acids is 2. The first kappa shape index (κ1) is 15.2. The van der Waals surface area contributed by atoms with Gasteiger partial charge in [-0.25, -0.2) is 0 Å². The average molecular weight is 263 g/mol. The van der Waals surface area contributed by atoms with Gasteiger partial charge in [0.05, 0.1) is 18.5 Å². The molecule has 5 nitrogen and oxygen atoms in total. The van der Waals surface area contributed by atoms with Crippen LogP contribution in [0.25, 0.3) is 0 Å². The fraction of sp³-hybridized carbons (Fsp3) is 0.429. The van der Waals surface area contributed by atoms with Crippen LogP contribution in [0.5, 0.6) is 0 Å². The average Bonchev–Trinajstić information content (AvgIpc) is 2.36. The fourth-order valence-electron chi connectivity index (χ4n) is 1.81. The van der Waals surface area contributed by atoms with Crippen LogP contribution >= 0.6 is 0 Å². The fourth-order valence-corrected chi connectivity index (χ4v) is 1.81. The van der Waals surface area contributed by atoms with Crippen molar-refractivity contribution in [3.8, 4) is 0 Å². The second kappa shape index (κ2) is 6.89. The van der Waals surface area contributed by atoms with Crippen LogP contribution in [0, 0.1) is 6.92 Å². The van der Waals surface area contributed by atoms with E-state index >= 15 is 0 Å². The van der Waals surface area contributed by atoms with Crippen LogP contribution in [0.3, 0.4) is 0 Å². The SMILES string of the molecule is CCC(NC(=O)C(N)CC(N)=O)c1ccc(C)cc1. The van der Waals surface area contributed by atoms with Crippen LogP contribution < -0.4 is 16.8 Å². The highest BCUT2D eigenvalue weighted by Gasteiger charge is 2.19. The van der Waals surface area contributed by atoms with E-state index in [0.29, 0.717) is 0 Å². The summed E-state index contributed by atoms with van der Waals surface area (Å²) >= 11 is 0. The highest BCUT2D eigenvalue weighted by molar-refractivity contribution is 5.87. The van der Waals surface area contributed by atoms with Gasteiger partial charge < -0.3 is 16.8 Å². The minimum Gasteiger partial charge on any atom is -0.370 e. The number of rotatable bonds is 6. The van der Waals surface area contributed by atoms with Gasteiger partial charge in [-0.2, -0.15) is 0 Å². The van der Waals surface area contributed by atoms with Crippen LogP contribution in [0.2, 0.25) is 0 Å². The number of aryl methyl sites for hydroxylation is 1. The second-order valence-corrected chi connectivity index (χ2v) is 4.66. The Morgan fingerprint density at radius 1 is 1.26 bits per heavy atom. The summed E-state index contributed by atoms with van der Waals surface area (Å²) in [6.45, 7) is 3.98. The third-order valence-corrected chi connectivity index (χ3v) is 2.96. The molecule has 1 aromatic carbocycles. The molecule has 0 fully saturated rings. The van der Waals surface area contributed by atoms with E-state index in [1.807, 2.05) is 38.1 Å². The molecule has 0 saturated heterocycles. The van der Waals surface area contributed by atoms with Gasteiger partial charge in [0.2, 0.25) is 11.8 Å². The summed E-state index contributed by atoms with van der Waals surface area (Å²) in [4.78, 5) is 22.6. The molecule has 0 bridgehead atoms. The third kappa shape index (κ3) is 4.71. The molecular weight excluding hydrogens is 242 g/mol. The minimum absolute atomic E-state index is 0.105. The van der Waals surface area contributed by atoms with E-state index in [9.17, 15) is 9.59 Å². The molecule has 1 rings (SSSR count). The summed E-state index contributed by atoms with van der Waals surface area (Å²) in [6.07, 6.45) is 0.605. The lowest BCUT2D eigenvalue weighted by molar-refractivity contribution is -0.126. The molecule has 0 spiro atoms. The Morgan fingerprint density at radius 3 is 2.32 bits per heavy atom. The van der Waals surface area contributed by atoms with E-state index in [4.69, 9.17) is 11.5 Å². The Hall–Kier alpha value is -1.88. The largest absolute Gasteiger partial charge is 0.370 e. The lowest BCUT2D eigenvalue weighted by atomic mass is 10.0. The first-order chi connectivity index (χ1) is 8.93. The minimum atomic E-state index is -0.892. The molecule has 2 unspecified atom stereocenters. The van der Waals surface area contributed by atoms with E-state index in [1.54, 1.807) is 0 Å². The van der Waals surface area contributed by atoms with Crippen molar-refractivity contribution in [2.45, 2.75) is 38.8 Å². The van der Waals surface area contributed by atoms with Crippen molar-refractivity contribution in [2.24, 2.45) is 11.5 Å². The van der Waals surface area contributed by atoms with Crippen molar-refractivity contribution in [1.29, 1.82) is 0 Å². The molecule has 0 saturated carbocycles. The van der Waals surface area contributed by atoms with Crippen molar-refractivity contribution in [3.63, 3.8) is 0 Å². The van der Waals surface area contributed by atoms with Crippen LogP contribution in [-0.4, -0.2) is 17.9 Å². The number of carbonyl (C=O) groups is 2. The smallest absolute Gasteiger partial charge is 0.237 e. The van der Waals surface area contributed by atoms with Crippen LogP contribution in [0.4, 0.5) is 0 Å². The molecule has 0 aliphatic rings. The van der Waals surface area contributed by atoms with Gasteiger partial charge in [-0.05, 0) is 18.9 Å². The maximum absolute atomic E-state index is 11.8. The molecule has 0 aliphatic heterocycles. The zero-order chi connectivity index (χ0) is 14.4. The van der Waals surface area contributed by atoms with Gasteiger partial charge in [-0.15, -0.1) is 0 Å². The van der Waals surface area contributed by atoms with Crippen molar-refractivity contribution >= 4 is 11.8 Å². The lowest BCUT2D eigenvalue weighted by Gasteiger charge is -2.20. The van der Waals surface area contributed by atoms with Crippen LogP contribution in [0.1, 0.15) is 36.9 Å². The summed E-state index contributed by atoms with van der Waals surface area (Å²) in [5, 5.41) is 2.84. The van der Waals surface area contributed by atoms with Crippen molar-refractivity contribution in [1.82, 2.24) is 5.32 Å². The van der Waals surface area contributed by atoms with Gasteiger partial charge >= 0.3 is 0 Å². The number of hydrogen-bond donors (Lipinski definition) is 3. The van der Waals surface area contributed by atoms with E-state index in [2.05, 4.69) is 5.32 Å². The van der Waals surface area contributed by atoms with Gasteiger partial charge in [0, 0.05) is 0 Å². The Morgan fingerprint density at radius 2 is 1.84 bits per heavy atom. The normalized spacial score (nSPS) is 13.6. The topological polar surface area (TPSA) is 98.2 Å². The zero-order valence-electron chi connectivity index (χ0n) is 11.3. The third-order valence-electron chi connectivity index (χ3n) is 2.96. The highest BCUT2D eigenvalue weighted by Crippen LogP contribution is 2.17. The standard InChI is InChI=1S/C14H21N3O2/c1-3-12(10-6-4-9(2)5-7-10)17-14(19)11(15)8-13(16)18/h4-7,11-12H,3,8,15H2,1-2H3,(H2,16,18)(H,17,19). The lowest BCUT2D eigenvalue weighted by Crippen LogP contribution is -2.44. The summed E-state index contributed by atoms with van der Waals surface area (Å²) in [5.41, 5.74) is 12.8. The molecule has 2 amide bonds. The van der Waals surface area contributed by atoms with Crippen LogP contribution in [0.15, 0.2) is 24.3 Å². The predicted octanol–water partition coefficient (Wildman–Crippen LogP) is 0.765. The van der Waals surface area contributed by atoms with Gasteiger partial charge in [-0.3, -0.25) is 9.59 Å². The second-order valence-electron chi connectivity index (χ2n) is 4.66. The van der Waals surface area contributed by atoms with E-state index in [-0.39, 0.29) is 18.4 Å². The van der Waals surface area contributed by atoms with Gasteiger partial charge in [0.1, 0.15) is 0 Å². The Bertz CT molecular complexity index is 443. The molecule has 5 heteroatoms. The summed E-state index contributed by atoms with van der Waals surface area (Å²) < 4.78 is 0. The monoisotopic (exact) mass is 263 g/mol.